The van der Waals surface area contributed by atoms with E-state index in [9.17, 15) is 0 Å². The van der Waals surface area contributed by atoms with E-state index in [4.69, 9.17) is 10.3 Å². The predicted molar refractivity (Wildman–Crippen MR) is 36.3 cm³/mol. The van der Waals surface area contributed by atoms with Crippen molar-refractivity contribution in [3.8, 4) is 0 Å². The molecule has 0 amide bonds. The van der Waals surface area contributed by atoms with E-state index in [2.05, 4.69) is 5.16 Å². The monoisotopic (exact) mass is 138 g/mol. The molecule has 0 aliphatic heterocycles. The first kappa shape index (κ1) is 5.92. The summed E-state index contributed by atoms with van der Waals surface area (Å²) >= 11 is 0. The molecule has 3 heteroatoms. The van der Waals surface area contributed by atoms with Gasteiger partial charge in [-0.05, 0) is 19.8 Å². The van der Waals surface area contributed by atoms with Gasteiger partial charge in [0.15, 0.2) is 5.76 Å². The molecule has 1 aromatic rings. The lowest BCUT2D eigenvalue weighted by Gasteiger charge is -1.98. The fourth-order valence-electron chi connectivity index (χ4n) is 0.979. The molecule has 0 spiro atoms. The Morgan fingerprint density at radius 3 is 2.80 bits per heavy atom. The lowest BCUT2D eigenvalue weighted by Crippen LogP contribution is -2.17. The fourth-order valence-corrected chi connectivity index (χ4v) is 0.979. The summed E-state index contributed by atoms with van der Waals surface area (Å²) < 4.78 is 5.02. The molecule has 1 saturated carbocycles. The van der Waals surface area contributed by atoms with Crippen molar-refractivity contribution >= 4 is 0 Å². The van der Waals surface area contributed by atoms with Crippen molar-refractivity contribution in [1.82, 2.24) is 5.16 Å². The Morgan fingerprint density at radius 2 is 2.40 bits per heavy atom. The van der Waals surface area contributed by atoms with Crippen LogP contribution < -0.4 is 5.73 Å². The van der Waals surface area contributed by atoms with E-state index in [1.165, 1.54) is 0 Å². The quantitative estimate of drug-likeness (QED) is 0.628. The van der Waals surface area contributed by atoms with Crippen molar-refractivity contribution in [3.63, 3.8) is 0 Å². The molecule has 0 bridgehead atoms. The van der Waals surface area contributed by atoms with Crippen LogP contribution in [0.25, 0.3) is 0 Å². The minimum atomic E-state index is -0.165. The van der Waals surface area contributed by atoms with E-state index in [0.29, 0.717) is 0 Å². The Hall–Kier alpha value is -0.830. The summed E-state index contributed by atoms with van der Waals surface area (Å²) in [5, 5.41) is 3.77. The van der Waals surface area contributed by atoms with E-state index in [1.54, 1.807) is 0 Å². The first-order chi connectivity index (χ1) is 4.71. The number of hydrogen-bond donors (Lipinski definition) is 1. The number of aromatic nitrogens is 1. The maximum absolute atomic E-state index is 5.85. The van der Waals surface area contributed by atoms with Crippen molar-refractivity contribution in [3.05, 3.63) is 17.5 Å². The van der Waals surface area contributed by atoms with Crippen LogP contribution >= 0.6 is 0 Å². The molecule has 1 fully saturated rings. The summed E-state index contributed by atoms with van der Waals surface area (Å²) in [4.78, 5) is 0. The highest BCUT2D eigenvalue weighted by Gasteiger charge is 2.43. The van der Waals surface area contributed by atoms with Gasteiger partial charge in [0.05, 0.1) is 11.2 Å². The van der Waals surface area contributed by atoms with Crippen LogP contribution in [0.4, 0.5) is 0 Å². The zero-order chi connectivity index (χ0) is 7.19. The summed E-state index contributed by atoms with van der Waals surface area (Å²) in [6.45, 7) is 1.90. The maximum atomic E-state index is 5.85. The van der Waals surface area contributed by atoms with Gasteiger partial charge < -0.3 is 10.3 Å². The van der Waals surface area contributed by atoms with Crippen LogP contribution in [0.1, 0.15) is 24.3 Å². The molecule has 1 aliphatic carbocycles. The third kappa shape index (κ3) is 0.743. The summed E-state index contributed by atoms with van der Waals surface area (Å²) in [7, 11) is 0. The van der Waals surface area contributed by atoms with Crippen LogP contribution in [0.5, 0.6) is 0 Å². The normalized spacial score (nSPS) is 21.0. The Morgan fingerprint density at radius 1 is 1.70 bits per heavy atom. The molecule has 0 atom stereocenters. The summed E-state index contributed by atoms with van der Waals surface area (Å²) in [6.07, 6.45) is 2.06. The molecule has 3 nitrogen and oxygen atoms in total. The molecule has 54 valence electrons. The van der Waals surface area contributed by atoms with Crippen LogP contribution in [0.3, 0.4) is 0 Å². The molecule has 0 radical (unpaired) electrons. The molecule has 10 heavy (non-hydrogen) atoms. The number of nitrogens with two attached hydrogens (primary N) is 1. The number of aryl methyl sites for hydroxylation is 1. The first-order valence-electron chi connectivity index (χ1n) is 3.43. The zero-order valence-corrected chi connectivity index (χ0v) is 5.92. The third-order valence-electron chi connectivity index (χ3n) is 1.91. The number of hydrogen-bond acceptors (Lipinski definition) is 3. The van der Waals surface area contributed by atoms with Gasteiger partial charge in [0.25, 0.3) is 0 Å². The lowest BCUT2D eigenvalue weighted by atomic mass is 10.2. The average Bonchev–Trinajstić information content (AvgIpc) is 2.45. The topological polar surface area (TPSA) is 52.0 Å². The van der Waals surface area contributed by atoms with Crippen molar-refractivity contribution < 1.29 is 4.52 Å². The van der Waals surface area contributed by atoms with Gasteiger partial charge in [-0.3, -0.25) is 0 Å². The summed E-state index contributed by atoms with van der Waals surface area (Å²) in [5.74, 6) is 0.838. The highest BCUT2D eigenvalue weighted by atomic mass is 16.5. The molecule has 1 aliphatic rings. The standard InChI is InChI=1S/C7H10N2O/c1-5-4-6(10-9-5)7(8)2-3-7/h4H,2-3,8H2,1H3. The minimum absolute atomic E-state index is 0.165. The predicted octanol–water partition coefficient (Wildman–Crippen LogP) is 0.931. The Labute approximate surface area is 59.2 Å². The van der Waals surface area contributed by atoms with Crippen molar-refractivity contribution in [1.29, 1.82) is 0 Å². The minimum Gasteiger partial charge on any atom is -0.359 e. The molecule has 1 aromatic heterocycles. The van der Waals surface area contributed by atoms with Gasteiger partial charge in [0, 0.05) is 6.07 Å². The maximum Gasteiger partial charge on any atom is 0.156 e. The van der Waals surface area contributed by atoms with Crippen LogP contribution in [0.15, 0.2) is 10.6 Å². The van der Waals surface area contributed by atoms with Gasteiger partial charge in [-0.25, -0.2) is 0 Å². The van der Waals surface area contributed by atoms with Gasteiger partial charge in [-0.15, -0.1) is 0 Å². The summed E-state index contributed by atoms with van der Waals surface area (Å²) in [6, 6.07) is 1.91. The Bertz CT molecular complexity index is 250. The molecule has 0 aromatic carbocycles. The van der Waals surface area contributed by atoms with Gasteiger partial charge in [-0.1, -0.05) is 5.16 Å². The SMILES string of the molecule is Cc1cc(C2(N)CC2)on1. The van der Waals surface area contributed by atoms with Crippen LogP contribution in [-0.2, 0) is 5.54 Å². The van der Waals surface area contributed by atoms with Gasteiger partial charge in [0.2, 0.25) is 0 Å². The largest absolute Gasteiger partial charge is 0.359 e. The van der Waals surface area contributed by atoms with Crippen LogP contribution in [0, 0.1) is 6.92 Å². The van der Waals surface area contributed by atoms with Crippen molar-refractivity contribution in [2.24, 2.45) is 5.73 Å². The highest BCUT2D eigenvalue weighted by Crippen LogP contribution is 2.42. The third-order valence-corrected chi connectivity index (χ3v) is 1.91. The average molecular weight is 138 g/mol. The van der Waals surface area contributed by atoms with E-state index < -0.39 is 0 Å². The molecule has 2 N–H and O–H groups in total. The van der Waals surface area contributed by atoms with Crippen LogP contribution in [0.2, 0.25) is 0 Å². The molecule has 0 unspecified atom stereocenters. The van der Waals surface area contributed by atoms with Crippen molar-refractivity contribution in [2.75, 3.05) is 0 Å². The first-order valence-corrected chi connectivity index (χ1v) is 3.43. The van der Waals surface area contributed by atoms with E-state index in [1.807, 2.05) is 13.0 Å². The van der Waals surface area contributed by atoms with E-state index in [-0.39, 0.29) is 5.54 Å². The lowest BCUT2D eigenvalue weighted by molar-refractivity contribution is 0.352. The fraction of sp³-hybridized carbons (Fsp3) is 0.571. The van der Waals surface area contributed by atoms with Crippen molar-refractivity contribution in [2.45, 2.75) is 25.3 Å². The van der Waals surface area contributed by atoms with Gasteiger partial charge >= 0.3 is 0 Å². The second kappa shape index (κ2) is 1.61. The Kier molecular flexibility index (Phi) is 0.951. The van der Waals surface area contributed by atoms with E-state index >= 15 is 0 Å². The number of nitrogens with zero attached hydrogens (tertiary/aromatic N) is 1. The zero-order valence-electron chi connectivity index (χ0n) is 5.92. The van der Waals surface area contributed by atoms with Gasteiger partial charge in [0.1, 0.15) is 0 Å². The number of rotatable bonds is 1. The smallest absolute Gasteiger partial charge is 0.156 e. The second-order valence-electron chi connectivity index (χ2n) is 2.99. The molecular formula is C7H10N2O. The summed E-state index contributed by atoms with van der Waals surface area (Å²) in [5.41, 5.74) is 6.59. The molecule has 2 rings (SSSR count). The van der Waals surface area contributed by atoms with E-state index in [0.717, 1.165) is 24.3 Å². The van der Waals surface area contributed by atoms with Crippen LogP contribution in [-0.4, -0.2) is 5.16 Å². The highest BCUT2D eigenvalue weighted by molar-refractivity contribution is 5.20. The molecule has 0 saturated heterocycles. The van der Waals surface area contributed by atoms with Gasteiger partial charge in [-0.2, -0.15) is 0 Å². The Balaban J connectivity index is 2.34. The second-order valence-corrected chi connectivity index (χ2v) is 2.99. The molecule has 1 heterocycles. The molecular weight excluding hydrogens is 128 g/mol.